The van der Waals surface area contributed by atoms with E-state index in [0.29, 0.717) is 13.1 Å². The first-order valence-electron chi connectivity index (χ1n) is 3.93. The number of aliphatic hydroxyl groups is 1. The SMILES string of the molecule is NCc1ccc(CO)cc1CN. The summed E-state index contributed by atoms with van der Waals surface area (Å²) in [5.41, 5.74) is 14.0. The molecule has 0 saturated carbocycles. The van der Waals surface area contributed by atoms with Crippen LogP contribution in [0.1, 0.15) is 16.7 Å². The van der Waals surface area contributed by atoms with Crippen molar-refractivity contribution in [2.75, 3.05) is 0 Å². The molecule has 0 aliphatic carbocycles. The van der Waals surface area contributed by atoms with Gasteiger partial charge < -0.3 is 16.6 Å². The number of benzene rings is 1. The Morgan fingerprint density at radius 3 is 2.25 bits per heavy atom. The fraction of sp³-hybridized carbons (Fsp3) is 0.333. The lowest BCUT2D eigenvalue weighted by Gasteiger charge is -2.06. The summed E-state index contributed by atoms with van der Waals surface area (Å²) < 4.78 is 0. The molecule has 12 heavy (non-hydrogen) atoms. The molecule has 0 saturated heterocycles. The Morgan fingerprint density at radius 2 is 1.75 bits per heavy atom. The first kappa shape index (κ1) is 9.19. The number of hydrogen-bond donors (Lipinski definition) is 3. The van der Waals surface area contributed by atoms with Gasteiger partial charge in [-0.15, -0.1) is 0 Å². The molecule has 0 amide bonds. The van der Waals surface area contributed by atoms with Crippen LogP contribution in [0.25, 0.3) is 0 Å². The van der Waals surface area contributed by atoms with Gasteiger partial charge in [-0.1, -0.05) is 18.2 Å². The largest absolute Gasteiger partial charge is 0.392 e. The van der Waals surface area contributed by atoms with E-state index in [1.807, 2.05) is 18.2 Å². The minimum Gasteiger partial charge on any atom is -0.392 e. The molecule has 0 aromatic heterocycles. The summed E-state index contributed by atoms with van der Waals surface area (Å²) in [5, 5.41) is 8.85. The fourth-order valence-corrected chi connectivity index (χ4v) is 1.17. The molecule has 0 unspecified atom stereocenters. The third kappa shape index (κ3) is 1.82. The van der Waals surface area contributed by atoms with Crippen LogP contribution in [0.15, 0.2) is 18.2 Å². The van der Waals surface area contributed by atoms with Crippen LogP contribution in [0.2, 0.25) is 0 Å². The number of rotatable bonds is 3. The minimum absolute atomic E-state index is 0.0534. The molecule has 0 spiro atoms. The topological polar surface area (TPSA) is 72.3 Å². The predicted octanol–water partition coefficient (Wildman–Crippen LogP) is 0.0963. The van der Waals surface area contributed by atoms with E-state index in [9.17, 15) is 0 Å². The second kappa shape index (κ2) is 4.21. The van der Waals surface area contributed by atoms with E-state index in [-0.39, 0.29) is 6.61 Å². The quantitative estimate of drug-likeness (QED) is 0.596. The van der Waals surface area contributed by atoms with Gasteiger partial charge in [-0.2, -0.15) is 0 Å². The summed E-state index contributed by atoms with van der Waals surface area (Å²) in [6.45, 7) is 1.02. The van der Waals surface area contributed by atoms with Crippen molar-refractivity contribution in [1.29, 1.82) is 0 Å². The van der Waals surface area contributed by atoms with Crippen molar-refractivity contribution in [1.82, 2.24) is 0 Å². The molecule has 3 nitrogen and oxygen atoms in total. The monoisotopic (exact) mass is 166 g/mol. The average Bonchev–Trinajstić information content (AvgIpc) is 2.16. The maximum Gasteiger partial charge on any atom is 0.0681 e. The zero-order valence-corrected chi connectivity index (χ0v) is 6.96. The zero-order valence-electron chi connectivity index (χ0n) is 6.96. The van der Waals surface area contributed by atoms with Gasteiger partial charge in [0, 0.05) is 13.1 Å². The molecule has 1 aromatic carbocycles. The van der Waals surface area contributed by atoms with Crippen molar-refractivity contribution in [3.8, 4) is 0 Å². The fourth-order valence-electron chi connectivity index (χ4n) is 1.17. The molecule has 5 N–H and O–H groups in total. The molecule has 3 heteroatoms. The summed E-state index contributed by atoms with van der Waals surface area (Å²) in [5.74, 6) is 0. The molecule has 0 heterocycles. The molecule has 0 aliphatic rings. The highest BCUT2D eigenvalue weighted by molar-refractivity contribution is 5.31. The minimum atomic E-state index is 0.0534. The van der Waals surface area contributed by atoms with Gasteiger partial charge in [-0.25, -0.2) is 0 Å². The molecule has 0 bridgehead atoms. The third-order valence-corrected chi connectivity index (χ3v) is 1.89. The predicted molar refractivity (Wildman–Crippen MR) is 48.1 cm³/mol. The van der Waals surface area contributed by atoms with E-state index in [0.717, 1.165) is 16.7 Å². The lowest BCUT2D eigenvalue weighted by molar-refractivity contribution is 0.281. The molecule has 0 aliphatic heterocycles. The van der Waals surface area contributed by atoms with Gasteiger partial charge in [0.25, 0.3) is 0 Å². The summed E-state index contributed by atoms with van der Waals surface area (Å²) in [4.78, 5) is 0. The molecule has 0 atom stereocenters. The Hall–Kier alpha value is -0.900. The van der Waals surface area contributed by atoms with E-state index in [4.69, 9.17) is 16.6 Å². The molecular formula is C9H14N2O. The van der Waals surface area contributed by atoms with Crippen molar-refractivity contribution in [2.24, 2.45) is 11.5 Å². The Balaban J connectivity index is 3.02. The summed E-state index contributed by atoms with van der Waals surface area (Å²) >= 11 is 0. The highest BCUT2D eigenvalue weighted by atomic mass is 16.3. The van der Waals surface area contributed by atoms with Crippen molar-refractivity contribution >= 4 is 0 Å². The zero-order chi connectivity index (χ0) is 8.97. The van der Waals surface area contributed by atoms with E-state index < -0.39 is 0 Å². The van der Waals surface area contributed by atoms with Gasteiger partial charge in [0.05, 0.1) is 6.61 Å². The van der Waals surface area contributed by atoms with Crippen LogP contribution in [0.5, 0.6) is 0 Å². The van der Waals surface area contributed by atoms with Crippen molar-refractivity contribution in [3.05, 3.63) is 34.9 Å². The van der Waals surface area contributed by atoms with Crippen molar-refractivity contribution < 1.29 is 5.11 Å². The Labute approximate surface area is 72.0 Å². The van der Waals surface area contributed by atoms with Gasteiger partial charge in [0.2, 0.25) is 0 Å². The number of hydrogen-bond acceptors (Lipinski definition) is 3. The van der Waals surface area contributed by atoms with E-state index in [2.05, 4.69) is 0 Å². The molecule has 0 radical (unpaired) electrons. The lowest BCUT2D eigenvalue weighted by Crippen LogP contribution is -2.06. The Bertz CT molecular complexity index is 261. The van der Waals surface area contributed by atoms with Gasteiger partial charge in [-0.05, 0) is 16.7 Å². The molecule has 66 valence electrons. The van der Waals surface area contributed by atoms with Crippen LogP contribution in [-0.4, -0.2) is 5.11 Å². The van der Waals surface area contributed by atoms with Crippen LogP contribution < -0.4 is 11.5 Å². The van der Waals surface area contributed by atoms with E-state index in [1.54, 1.807) is 0 Å². The second-order valence-corrected chi connectivity index (χ2v) is 2.67. The summed E-state index contributed by atoms with van der Waals surface area (Å²) in [7, 11) is 0. The van der Waals surface area contributed by atoms with Crippen LogP contribution in [0.3, 0.4) is 0 Å². The lowest BCUT2D eigenvalue weighted by atomic mass is 10.0. The highest BCUT2D eigenvalue weighted by Gasteiger charge is 1.99. The van der Waals surface area contributed by atoms with E-state index in [1.165, 1.54) is 0 Å². The number of nitrogens with two attached hydrogens (primary N) is 2. The Kier molecular flexibility index (Phi) is 3.22. The summed E-state index contributed by atoms with van der Waals surface area (Å²) in [6.07, 6.45) is 0. The first-order chi connectivity index (χ1) is 5.81. The molecule has 1 aromatic rings. The molecular weight excluding hydrogens is 152 g/mol. The Morgan fingerprint density at radius 1 is 1.08 bits per heavy atom. The third-order valence-electron chi connectivity index (χ3n) is 1.89. The van der Waals surface area contributed by atoms with Gasteiger partial charge in [0.15, 0.2) is 0 Å². The summed E-state index contributed by atoms with van der Waals surface area (Å²) in [6, 6.07) is 5.66. The highest BCUT2D eigenvalue weighted by Crippen LogP contribution is 2.10. The maximum atomic E-state index is 8.85. The van der Waals surface area contributed by atoms with Crippen molar-refractivity contribution in [3.63, 3.8) is 0 Å². The maximum absolute atomic E-state index is 8.85. The number of aliphatic hydroxyl groups excluding tert-OH is 1. The first-order valence-corrected chi connectivity index (χ1v) is 3.93. The second-order valence-electron chi connectivity index (χ2n) is 2.67. The van der Waals surface area contributed by atoms with Gasteiger partial charge >= 0.3 is 0 Å². The van der Waals surface area contributed by atoms with Gasteiger partial charge in [-0.3, -0.25) is 0 Å². The van der Waals surface area contributed by atoms with Crippen LogP contribution in [0, 0.1) is 0 Å². The average molecular weight is 166 g/mol. The smallest absolute Gasteiger partial charge is 0.0681 e. The molecule has 0 fully saturated rings. The van der Waals surface area contributed by atoms with Crippen LogP contribution in [-0.2, 0) is 19.7 Å². The van der Waals surface area contributed by atoms with Crippen LogP contribution >= 0.6 is 0 Å². The van der Waals surface area contributed by atoms with Crippen LogP contribution in [0.4, 0.5) is 0 Å². The van der Waals surface area contributed by atoms with Crippen molar-refractivity contribution in [2.45, 2.75) is 19.7 Å². The standard InChI is InChI=1S/C9H14N2O/c10-4-8-2-1-7(6-12)3-9(8)5-11/h1-3,12H,4-6,10-11H2. The van der Waals surface area contributed by atoms with E-state index >= 15 is 0 Å². The molecule has 1 rings (SSSR count). The van der Waals surface area contributed by atoms with Gasteiger partial charge in [0.1, 0.15) is 0 Å². The normalized spacial score (nSPS) is 10.2.